The van der Waals surface area contributed by atoms with Crippen LogP contribution in [0.15, 0.2) is 12.1 Å². The Kier molecular flexibility index (Phi) is 3.93. The fourth-order valence-corrected chi connectivity index (χ4v) is 1.49. The molecule has 1 aromatic heterocycles. The predicted octanol–water partition coefficient (Wildman–Crippen LogP) is 2.75. The zero-order valence-electron chi connectivity index (χ0n) is 10.5. The minimum atomic E-state index is -1.58. The lowest BCUT2D eigenvalue weighted by molar-refractivity contribution is 0.449. The van der Waals surface area contributed by atoms with Crippen LogP contribution >= 0.6 is 11.6 Å². The molecule has 1 heterocycles. The van der Waals surface area contributed by atoms with Crippen LogP contribution in [0.4, 0.5) is 30.8 Å². The maximum Gasteiger partial charge on any atom is 0.233 e. The van der Waals surface area contributed by atoms with Gasteiger partial charge in [-0.25, -0.2) is 13.2 Å². The SMILES string of the molecule is CN(C)c1nc(Cl)nc(Nc2ccc(F)c(F)c2F)n1. The van der Waals surface area contributed by atoms with Gasteiger partial charge in [-0.15, -0.1) is 0 Å². The van der Waals surface area contributed by atoms with Crippen molar-refractivity contribution in [3.63, 3.8) is 0 Å². The van der Waals surface area contributed by atoms with Crippen LogP contribution in [0.3, 0.4) is 0 Å². The van der Waals surface area contributed by atoms with Crippen LogP contribution in [0, 0.1) is 17.5 Å². The van der Waals surface area contributed by atoms with Gasteiger partial charge < -0.3 is 10.2 Å². The van der Waals surface area contributed by atoms with Crippen molar-refractivity contribution in [3.05, 3.63) is 34.9 Å². The van der Waals surface area contributed by atoms with Crippen molar-refractivity contribution in [3.8, 4) is 0 Å². The van der Waals surface area contributed by atoms with Crippen LogP contribution in [0.5, 0.6) is 0 Å². The summed E-state index contributed by atoms with van der Waals surface area (Å²) in [6, 6.07) is 1.82. The predicted molar refractivity (Wildman–Crippen MR) is 68.8 cm³/mol. The third-order valence-electron chi connectivity index (χ3n) is 2.28. The molecule has 0 saturated heterocycles. The summed E-state index contributed by atoms with van der Waals surface area (Å²) < 4.78 is 39.4. The fraction of sp³-hybridized carbons (Fsp3) is 0.182. The molecule has 0 unspecified atom stereocenters. The number of rotatable bonds is 3. The molecule has 0 fully saturated rings. The van der Waals surface area contributed by atoms with Gasteiger partial charge in [0.2, 0.25) is 17.2 Å². The third kappa shape index (κ3) is 2.90. The second-order valence-electron chi connectivity index (χ2n) is 3.97. The van der Waals surface area contributed by atoms with Gasteiger partial charge in [0.25, 0.3) is 0 Å². The molecular formula is C11H9ClF3N5. The third-order valence-corrected chi connectivity index (χ3v) is 2.45. The van der Waals surface area contributed by atoms with Crippen LogP contribution in [0.1, 0.15) is 0 Å². The van der Waals surface area contributed by atoms with Crippen LogP contribution in [0.25, 0.3) is 0 Å². The summed E-state index contributed by atoms with van der Waals surface area (Å²) in [4.78, 5) is 13.1. The first-order chi connectivity index (χ1) is 9.38. The van der Waals surface area contributed by atoms with Crippen LogP contribution < -0.4 is 10.2 Å². The molecule has 0 amide bonds. The average molecular weight is 304 g/mol. The molecule has 9 heteroatoms. The lowest BCUT2D eigenvalue weighted by Crippen LogP contribution is -2.14. The van der Waals surface area contributed by atoms with E-state index in [4.69, 9.17) is 11.6 Å². The molecular weight excluding hydrogens is 295 g/mol. The molecule has 2 aromatic rings. The van der Waals surface area contributed by atoms with E-state index in [1.165, 1.54) is 0 Å². The summed E-state index contributed by atoms with van der Waals surface area (Å²) >= 11 is 5.70. The number of nitrogens with zero attached hydrogens (tertiary/aromatic N) is 4. The summed E-state index contributed by atoms with van der Waals surface area (Å²) in [5.41, 5.74) is -0.309. The molecule has 0 aliphatic carbocycles. The lowest BCUT2D eigenvalue weighted by atomic mass is 10.3. The van der Waals surface area contributed by atoms with Crippen LogP contribution in [-0.4, -0.2) is 29.0 Å². The van der Waals surface area contributed by atoms with Gasteiger partial charge in [-0.1, -0.05) is 0 Å². The second kappa shape index (κ2) is 5.49. The van der Waals surface area contributed by atoms with Gasteiger partial charge in [0.1, 0.15) is 0 Å². The van der Waals surface area contributed by atoms with Crippen molar-refractivity contribution in [2.75, 3.05) is 24.3 Å². The zero-order chi connectivity index (χ0) is 14.9. The standard InChI is InChI=1S/C11H9ClF3N5/c1-20(2)11-18-9(12)17-10(19-11)16-6-4-3-5(13)7(14)8(6)15/h3-4H,1-2H3,(H,16,17,18,19). The summed E-state index contributed by atoms with van der Waals surface area (Å²) in [7, 11) is 3.35. The molecule has 0 saturated carbocycles. The summed E-state index contributed by atoms with van der Waals surface area (Å²) in [6.07, 6.45) is 0. The average Bonchev–Trinajstić information content (AvgIpc) is 2.39. The summed E-state index contributed by atoms with van der Waals surface area (Å²) in [6.45, 7) is 0. The Bertz CT molecular complexity index is 650. The number of anilines is 3. The van der Waals surface area contributed by atoms with Crippen molar-refractivity contribution in [1.82, 2.24) is 15.0 Å². The molecule has 0 bridgehead atoms. The Labute approximate surface area is 117 Å². The first-order valence-electron chi connectivity index (χ1n) is 5.38. The second-order valence-corrected chi connectivity index (χ2v) is 4.31. The van der Waals surface area contributed by atoms with Crippen molar-refractivity contribution in [1.29, 1.82) is 0 Å². The van der Waals surface area contributed by atoms with E-state index in [0.717, 1.165) is 12.1 Å². The van der Waals surface area contributed by atoms with Crippen molar-refractivity contribution in [2.24, 2.45) is 0 Å². The highest BCUT2D eigenvalue weighted by atomic mass is 35.5. The van der Waals surface area contributed by atoms with E-state index in [1.54, 1.807) is 19.0 Å². The molecule has 0 aliphatic rings. The van der Waals surface area contributed by atoms with Gasteiger partial charge in [0.15, 0.2) is 17.5 Å². The van der Waals surface area contributed by atoms with Crippen LogP contribution in [-0.2, 0) is 0 Å². The molecule has 106 valence electrons. The van der Waals surface area contributed by atoms with Gasteiger partial charge >= 0.3 is 0 Å². The van der Waals surface area contributed by atoms with E-state index in [0.29, 0.717) is 0 Å². The zero-order valence-corrected chi connectivity index (χ0v) is 11.2. The highest BCUT2D eigenvalue weighted by Gasteiger charge is 2.15. The molecule has 20 heavy (non-hydrogen) atoms. The highest BCUT2D eigenvalue weighted by Crippen LogP contribution is 2.23. The molecule has 0 aliphatic heterocycles. The maximum atomic E-state index is 13.5. The largest absolute Gasteiger partial charge is 0.347 e. The topological polar surface area (TPSA) is 53.9 Å². The monoisotopic (exact) mass is 303 g/mol. The van der Waals surface area contributed by atoms with Crippen molar-refractivity contribution < 1.29 is 13.2 Å². The quantitative estimate of drug-likeness (QED) is 0.884. The van der Waals surface area contributed by atoms with Gasteiger partial charge in [0, 0.05) is 14.1 Å². The number of halogens is 4. The van der Waals surface area contributed by atoms with Crippen LogP contribution in [0.2, 0.25) is 5.28 Å². The molecule has 0 radical (unpaired) electrons. The van der Waals surface area contributed by atoms with Gasteiger partial charge in [-0.2, -0.15) is 15.0 Å². The first kappa shape index (κ1) is 14.3. The number of nitrogens with one attached hydrogen (secondary N) is 1. The summed E-state index contributed by atoms with van der Waals surface area (Å²) in [5.74, 6) is -4.08. The van der Waals surface area contributed by atoms with E-state index in [2.05, 4.69) is 20.3 Å². The maximum absolute atomic E-state index is 13.5. The highest BCUT2D eigenvalue weighted by molar-refractivity contribution is 6.28. The Balaban J connectivity index is 2.37. The Hall–Kier alpha value is -2.09. The van der Waals surface area contributed by atoms with Gasteiger partial charge in [0.05, 0.1) is 5.69 Å². The first-order valence-corrected chi connectivity index (χ1v) is 5.75. The number of hydrogen-bond donors (Lipinski definition) is 1. The number of aromatic nitrogens is 3. The molecule has 2 rings (SSSR count). The molecule has 5 nitrogen and oxygen atoms in total. The van der Waals surface area contributed by atoms with E-state index in [1.807, 2.05) is 0 Å². The smallest absolute Gasteiger partial charge is 0.233 e. The molecule has 1 N–H and O–H groups in total. The van der Waals surface area contributed by atoms with Gasteiger partial charge in [-0.05, 0) is 23.7 Å². The lowest BCUT2D eigenvalue weighted by Gasteiger charge is -2.12. The number of benzene rings is 1. The minimum Gasteiger partial charge on any atom is -0.347 e. The van der Waals surface area contributed by atoms with E-state index < -0.39 is 17.5 Å². The molecule has 0 atom stereocenters. The fourth-order valence-electron chi connectivity index (χ4n) is 1.34. The Morgan fingerprint density at radius 3 is 2.40 bits per heavy atom. The number of hydrogen-bond acceptors (Lipinski definition) is 5. The molecule has 0 spiro atoms. The minimum absolute atomic E-state index is 0.0846. The van der Waals surface area contributed by atoms with E-state index in [-0.39, 0.29) is 22.9 Å². The van der Waals surface area contributed by atoms with Gasteiger partial charge in [-0.3, -0.25) is 0 Å². The summed E-state index contributed by atoms with van der Waals surface area (Å²) in [5, 5.41) is 2.30. The molecule has 1 aromatic carbocycles. The van der Waals surface area contributed by atoms with E-state index in [9.17, 15) is 13.2 Å². The van der Waals surface area contributed by atoms with E-state index >= 15 is 0 Å². The Morgan fingerprint density at radius 2 is 1.75 bits per heavy atom. The Morgan fingerprint density at radius 1 is 1.05 bits per heavy atom. The normalized spacial score (nSPS) is 10.5. The van der Waals surface area contributed by atoms with Crippen molar-refractivity contribution in [2.45, 2.75) is 0 Å². The van der Waals surface area contributed by atoms with Crippen molar-refractivity contribution >= 4 is 29.2 Å².